The summed E-state index contributed by atoms with van der Waals surface area (Å²) < 4.78 is 45.4. The van der Waals surface area contributed by atoms with Crippen molar-refractivity contribution in [2.75, 3.05) is 13.7 Å². The molecule has 66 heavy (non-hydrogen) atoms. The number of carbonyl (C=O) groups excluding carboxylic acids is 4. The van der Waals surface area contributed by atoms with E-state index >= 15 is 0 Å². The molecule has 14 heteroatoms. The zero-order valence-corrected chi connectivity index (χ0v) is 39.1. The Kier molecular flexibility index (Phi) is 12.8. The first-order valence-corrected chi connectivity index (χ1v) is 23.0. The van der Waals surface area contributed by atoms with Crippen LogP contribution in [0.1, 0.15) is 107 Å². The summed E-state index contributed by atoms with van der Waals surface area (Å²) in [6.07, 6.45) is -7.13. The number of aliphatic hydroxyl groups is 2. The van der Waals surface area contributed by atoms with Crippen molar-refractivity contribution in [2.45, 2.75) is 135 Å². The number of hydrogen-bond acceptors (Lipinski definition) is 13. The molecule has 13 atom stereocenters. The predicted molar refractivity (Wildman–Crippen MR) is 240 cm³/mol. The largest absolute Gasteiger partial charge is 0.497 e. The first-order valence-electron chi connectivity index (χ1n) is 23.0. The lowest BCUT2D eigenvalue weighted by Gasteiger charge is -2.71. The van der Waals surface area contributed by atoms with Gasteiger partial charge in [0.25, 0.3) is 5.91 Å². The van der Waals surface area contributed by atoms with Crippen molar-refractivity contribution >= 4 is 23.8 Å². The van der Waals surface area contributed by atoms with Crippen LogP contribution in [0.25, 0.3) is 0 Å². The van der Waals surface area contributed by atoms with E-state index in [2.05, 4.69) is 5.32 Å². The summed E-state index contributed by atoms with van der Waals surface area (Å²) in [5.74, 6) is -3.70. The number of rotatable bonds is 12. The normalized spacial score (nSPS) is 33.9. The molecule has 2 aliphatic heterocycles. The van der Waals surface area contributed by atoms with Crippen molar-refractivity contribution in [3.63, 3.8) is 0 Å². The van der Waals surface area contributed by atoms with Crippen LogP contribution in [0.5, 0.6) is 5.75 Å². The fourth-order valence-electron chi connectivity index (χ4n) is 12.2. The van der Waals surface area contributed by atoms with Crippen molar-refractivity contribution in [3.8, 4) is 5.75 Å². The molecule has 0 spiro atoms. The highest BCUT2D eigenvalue weighted by Gasteiger charge is 2.79. The number of amides is 1. The maximum atomic E-state index is 14.6. The van der Waals surface area contributed by atoms with Gasteiger partial charge in [-0.2, -0.15) is 0 Å². The standard InChI is InChI=1S/C52H63NO13/c1-28(2)24-36(53-45(56)32-16-12-10-13-17-32)41(55)47(58)62-37-26-52(59)44(64-46(57)33-18-14-11-15-19-33)42-50(8)38(25-39-51(42,27-61-39)66-31(5)54)63-48(34-20-22-35(60-9)23-21-34)65-43(50)30(4)40(29(37)3)49(52,6)7/h10-23,28,30,36-39,41-44,48,55,59H,24-27H2,1-9H3,(H,53,56)/t30?,36-,37-,38-,39+,41+,42-,43-,44-,48?,50+,51-,52+/m0/s1. The number of esters is 3. The molecular weight excluding hydrogens is 847 g/mol. The summed E-state index contributed by atoms with van der Waals surface area (Å²) in [5, 5.41) is 28.6. The summed E-state index contributed by atoms with van der Waals surface area (Å²) in [5.41, 5.74) is -3.18. The second-order valence-corrected chi connectivity index (χ2v) is 20.0. The number of aliphatic hydroxyl groups excluding tert-OH is 1. The zero-order chi connectivity index (χ0) is 47.5. The second-order valence-electron chi connectivity index (χ2n) is 20.0. The van der Waals surface area contributed by atoms with Gasteiger partial charge in [-0.25, -0.2) is 9.59 Å². The second kappa shape index (κ2) is 17.8. The highest BCUT2D eigenvalue weighted by Crippen LogP contribution is 2.68. The van der Waals surface area contributed by atoms with Crippen LogP contribution in [0.3, 0.4) is 0 Å². The van der Waals surface area contributed by atoms with E-state index in [1.165, 1.54) is 6.92 Å². The summed E-state index contributed by atoms with van der Waals surface area (Å²) in [6, 6.07) is 23.3. The summed E-state index contributed by atoms with van der Waals surface area (Å²) in [6.45, 7) is 14.7. The molecule has 3 N–H and O–H groups in total. The van der Waals surface area contributed by atoms with Crippen LogP contribution in [-0.4, -0.2) is 102 Å². The van der Waals surface area contributed by atoms with Crippen LogP contribution < -0.4 is 10.1 Å². The van der Waals surface area contributed by atoms with Gasteiger partial charge in [0.05, 0.1) is 43.4 Å². The van der Waals surface area contributed by atoms with Crippen LogP contribution in [0, 0.1) is 28.6 Å². The molecule has 0 aromatic heterocycles. The molecule has 5 aliphatic rings. The molecule has 4 fully saturated rings. The molecule has 3 aromatic rings. The molecule has 3 aliphatic carbocycles. The number of carbonyl (C=O) groups is 4. The van der Waals surface area contributed by atoms with Gasteiger partial charge in [-0.1, -0.05) is 95.6 Å². The molecule has 1 amide bonds. The van der Waals surface area contributed by atoms with E-state index in [1.54, 1.807) is 67.8 Å². The Balaban J connectivity index is 1.27. The fraction of sp³-hybridized carbons (Fsp3) is 0.538. The average molecular weight is 910 g/mol. The van der Waals surface area contributed by atoms with Gasteiger partial charge in [0.2, 0.25) is 0 Å². The minimum absolute atomic E-state index is 0.0280. The third kappa shape index (κ3) is 7.91. The lowest BCUT2D eigenvalue weighted by Crippen LogP contribution is -2.83. The van der Waals surface area contributed by atoms with Crippen molar-refractivity contribution in [1.82, 2.24) is 5.32 Å². The molecule has 14 nitrogen and oxygen atoms in total. The molecule has 2 unspecified atom stereocenters. The Hall–Kier alpha value is -5.12. The first kappa shape index (κ1) is 47.4. The van der Waals surface area contributed by atoms with Gasteiger partial charge in [-0.3, -0.25) is 9.59 Å². The molecule has 0 radical (unpaired) electrons. The van der Waals surface area contributed by atoms with Crippen LogP contribution in [0.2, 0.25) is 0 Å². The average Bonchev–Trinajstić information content (AvgIpc) is 3.28. The molecular formula is C52H63NO13. The molecule has 3 aromatic carbocycles. The Bertz CT molecular complexity index is 2330. The summed E-state index contributed by atoms with van der Waals surface area (Å²) in [7, 11) is 1.59. The topological polar surface area (TPSA) is 185 Å². The minimum Gasteiger partial charge on any atom is -0.497 e. The van der Waals surface area contributed by atoms with Crippen molar-refractivity contribution in [2.24, 2.45) is 28.6 Å². The molecule has 2 bridgehead atoms. The highest BCUT2D eigenvalue weighted by atomic mass is 16.7. The third-order valence-corrected chi connectivity index (χ3v) is 15.3. The number of nitrogens with one attached hydrogen (secondary N) is 1. The lowest BCUT2D eigenvalue weighted by atomic mass is 9.43. The monoisotopic (exact) mass is 909 g/mol. The van der Waals surface area contributed by atoms with Crippen LogP contribution in [-0.2, 0) is 38.0 Å². The maximum Gasteiger partial charge on any atom is 0.338 e. The number of ether oxygens (including phenoxy) is 7. The van der Waals surface area contributed by atoms with Crippen LogP contribution in [0.15, 0.2) is 96.1 Å². The van der Waals surface area contributed by atoms with E-state index < -0.39 is 107 Å². The Morgan fingerprint density at radius 2 is 1.52 bits per heavy atom. The zero-order valence-electron chi connectivity index (χ0n) is 39.1. The number of benzene rings is 3. The Labute approximate surface area is 386 Å². The third-order valence-electron chi connectivity index (χ3n) is 15.3. The Morgan fingerprint density at radius 1 is 0.879 bits per heavy atom. The van der Waals surface area contributed by atoms with E-state index in [0.29, 0.717) is 28.9 Å². The first-order chi connectivity index (χ1) is 31.3. The van der Waals surface area contributed by atoms with Gasteiger partial charge >= 0.3 is 17.9 Å². The van der Waals surface area contributed by atoms with Crippen molar-refractivity contribution < 1.29 is 62.5 Å². The van der Waals surface area contributed by atoms with E-state index in [4.69, 9.17) is 33.2 Å². The maximum absolute atomic E-state index is 14.6. The van der Waals surface area contributed by atoms with Gasteiger partial charge in [-0.05, 0) is 61.2 Å². The van der Waals surface area contributed by atoms with Crippen LogP contribution in [0.4, 0.5) is 0 Å². The summed E-state index contributed by atoms with van der Waals surface area (Å²) >= 11 is 0. The Morgan fingerprint density at radius 3 is 2.09 bits per heavy atom. The quantitative estimate of drug-likeness (QED) is 0.0995. The van der Waals surface area contributed by atoms with Gasteiger partial charge in [-0.15, -0.1) is 0 Å². The smallest absolute Gasteiger partial charge is 0.338 e. The lowest BCUT2D eigenvalue weighted by molar-refractivity contribution is -0.411. The van der Waals surface area contributed by atoms with Gasteiger partial charge < -0.3 is 48.7 Å². The van der Waals surface area contributed by atoms with E-state index in [0.717, 1.165) is 5.56 Å². The number of methoxy groups -OCH3 is 1. The van der Waals surface area contributed by atoms with Crippen molar-refractivity contribution in [1.29, 1.82) is 0 Å². The van der Waals surface area contributed by atoms with Crippen LogP contribution >= 0.6 is 0 Å². The molecule has 354 valence electrons. The van der Waals surface area contributed by atoms with Gasteiger partial charge in [0.1, 0.15) is 29.7 Å². The van der Waals surface area contributed by atoms with Gasteiger partial charge in [0, 0.05) is 47.6 Å². The molecule has 2 heterocycles. The van der Waals surface area contributed by atoms with E-state index in [-0.39, 0.29) is 30.9 Å². The van der Waals surface area contributed by atoms with E-state index in [1.807, 2.05) is 72.7 Å². The number of fused-ring (bicyclic) bond motifs is 4. The van der Waals surface area contributed by atoms with E-state index in [9.17, 15) is 29.4 Å². The minimum atomic E-state index is -2.05. The highest BCUT2D eigenvalue weighted by molar-refractivity contribution is 5.94. The molecule has 2 saturated heterocycles. The van der Waals surface area contributed by atoms with Gasteiger partial charge in [0.15, 0.2) is 18.0 Å². The molecule has 8 rings (SSSR count). The molecule has 2 saturated carbocycles. The predicted octanol–water partition coefficient (Wildman–Crippen LogP) is 6.67. The summed E-state index contributed by atoms with van der Waals surface area (Å²) in [4.78, 5) is 55.7. The fourth-order valence-corrected chi connectivity index (χ4v) is 12.2. The van der Waals surface area contributed by atoms with Crippen molar-refractivity contribution in [3.05, 3.63) is 113 Å². The number of hydrogen-bond donors (Lipinski definition) is 3. The SMILES string of the molecule is COc1ccc(C2O[C@H]3C[C@H]4OC[C@@]4(OC(C)=O)[C@H]4[C@H](OC(=O)c5ccccc5)[C@]5(O)C[C@H](OC(=O)[C@H](O)[C@H](CC(C)C)NC(=O)c6ccccc6)C(C)=C(C(C)[C@H](O2)[C@]34C)C5(C)C)cc1.